The van der Waals surface area contributed by atoms with Gasteiger partial charge < -0.3 is 15.4 Å². The van der Waals surface area contributed by atoms with Gasteiger partial charge in [-0.1, -0.05) is 30.3 Å². The molecule has 2 N–H and O–H groups in total. The fraction of sp³-hybridized carbons (Fsp3) is 0.167. The van der Waals surface area contributed by atoms with Crippen molar-refractivity contribution < 1.29 is 9.53 Å². The van der Waals surface area contributed by atoms with E-state index in [1.807, 2.05) is 62.4 Å². The molecule has 0 saturated heterocycles. The minimum atomic E-state index is -0.396. The SMILES string of the molecule is Cc1ccc(C)c(NC(=O)Nc2cc3c(cc2Oc2ccccc2)n(C)c(=O)n3C)c1. The standard InChI is InChI=1S/C24H24N4O3/c1-15-10-11-16(2)18(12-15)25-23(29)26-19-13-20-21(28(4)24(30)27(20)3)14-22(19)31-17-8-6-5-7-9-17/h5-14H,1-4H3,(H2,25,26,29). The number of imidazole rings is 1. The van der Waals surface area contributed by atoms with Gasteiger partial charge in [-0.3, -0.25) is 9.13 Å². The third-order valence-corrected chi connectivity index (χ3v) is 5.23. The van der Waals surface area contributed by atoms with Crippen LogP contribution in [0, 0.1) is 13.8 Å². The molecule has 4 aromatic rings. The molecule has 1 aromatic heterocycles. The van der Waals surface area contributed by atoms with Gasteiger partial charge in [-0.05, 0) is 49.2 Å². The maximum absolute atomic E-state index is 12.8. The minimum Gasteiger partial charge on any atom is -0.455 e. The maximum atomic E-state index is 12.8. The van der Waals surface area contributed by atoms with Gasteiger partial charge in [0.05, 0.1) is 16.7 Å². The first kappa shape index (κ1) is 20.3. The van der Waals surface area contributed by atoms with Crippen LogP contribution in [0.2, 0.25) is 0 Å². The number of aromatic nitrogens is 2. The highest BCUT2D eigenvalue weighted by Crippen LogP contribution is 2.33. The summed E-state index contributed by atoms with van der Waals surface area (Å²) in [6, 6.07) is 18.3. The number of aryl methyl sites for hydroxylation is 4. The fourth-order valence-electron chi connectivity index (χ4n) is 3.47. The summed E-state index contributed by atoms with van der Waals surface area (Å²) < 4.78 is 9.13. The average Bonchev–Trinajstić information content (AvgIpc) is 2.95. The van der Waals surface area contributed by atoms with E-state index < -0.39 is 6.03 Å². The van der Waals surface area contributed by atoms with E-state index >= 15 is 0 Å². The number of ether oxygens (including phenoxy) is 1. The van der Waals surface area contributed by atoms with Crippen molar-refractivity contribution in [1.82, 2.24) is 9.13 Å². The lowest BCUT2D eigenvalue weighted by Gasteiger charge is -2.15. The lowest BCUT2D eigenvalue weighted by atomic mass is 10.1. The third kappa shape index (κ3) is 4.02. The Hall–Kier alpha value is -4.00. The van der Waals surface area contributed by atoms with Gasteiger partial charge in [-0.2, -0.15) is 0 Å². The molecule has 0 aliphatic heterocycles. The number of fused-ring (bicyclic) bond motifs is 1. The largest absolute Gasteiger partial charge is 0.455 e. The molecular formula is C24H24N4O3. The molecule has 3 aromatic carbocycles. The van der Waals surface area contributed by atoms with E-state index in [0.29, 0.717) is 28.2 Å². The normalized spacial score (nSPS) is 10.8. The Kier molecular flexibility index (Phi) is 5.25. The zero-order chi connectivity index (χ0) is 22.1. The van der Waals surface area contributed by atoms with Crippen LogP contribution in [0.3, 0.4) is 0 Å². The summed E-state index contributed by atoms with van der Waals surface area (Å²) in [7, 11) is 3.40. The Morgan fingerprint density at radius 3 is 2.19 bits per heavy atom. The van der Waals surface area contributed by atoms with Crippen molar-refractivity contribution in [3.05, 3.63) is 82.3 Å². The lowest BCUT2D eigenvalue weighted by molar-refractivity contribution is 0.262. The summed E-state index contributed by atoms with van der Waals surface area (Å²) in [6.45, 7) is 3.91. The van der Waals surface area contributed by atoms with Crippen molar-refractivity contribution in [2.45, 2.75) is 13.8 Å². The Morgan fingerprint density at radius 1 is 0.839 bits per heavy atom. The number of carbonyl (C=O) groups is 1. The molecule has 1 heterocycles. The highest BCUT2D eigenvalue weighted by Gasteiger charge is 2.16. The van der Waals surface area contributed by atoms with Gasteiger partial charge in [0.25, 0.3) is 0 Å². The van der Waals surface area contributed by atoms with Crippen molar-refractivity contribution in [2.24, 2.45) is 14.1 Å². The van der Waals surface area contributed by atoms with E-state index in [-0.39, 0.29) is 5.69 Å². The molecule has 31 heavy (non-hydrogen) atoms. The summed E-state index contributed by atoms with van der Waals surface area (Å²) in [5.41, 5.74) is 4.44. The highest BCUT2D eigenvalue weighted by atomic mass is 16.5. The molecule has 0 bridgehead atoms. The molecular weight excluding hydrogens is 392 g/mol. The summed E-state index contributed by atoms with van der Waals surface area (Å²) in [4.78, 5) is 25.2. The molecule has 0 atom stereocenters. The van der Waals surface area contributed by atoms with E-state index in [9.17, 15) is 9.59 Å². The summed E-state index contributed by atoms with van der Waals surface area (Å²) in [5.74, 6) is 1.07. The number of carbonyl (C=O) groups excluding carboxylic acids is 1. The van der Waals surface area contributed by atoms with E-state index in [4.69, 9.17) is 4.74 Å². The fourth-order valence-corrected chi connectivity index (χ4v) is 3.47. The Labute approximate surface area is 179 Å². The quantitative estimate of drug-likeness (QED) is 0.495. The molecule has 0 fully saturated rings. The van der Waals surface area contributed by atoms with E-state index in [1.165, 1.54) is 4.57 Å². The predicted molar refractivity (Wildman–Crippen MR) is 123 cm³/mol. The number of nitrogens with zero attached hydrogens (tertiary/aromatic N) is 2. The van der Waals surface area contributed by atoms with Crippen LogP contribution in [-0.2, 0) is 14.1 Å². The van der Waals surface area contributed by atoms with Gasteiger partial charge in [0.1, 0.15) is 5.75 Å². The van der Waals surface area contributed by atoms with Crippen molar-refractivity contribution in [3.8, 4) is 11.5 Å². The summed E-state index contributed by atoms with van der Waals surface area (Å²) >= 11 is 0. The molecule has 0 radical (unpaired) electrons. The van der Waals surface area contributed by atoms with E-state index in [2.05, 4.69) is 10.6 Å². The van der Waals surface area contributed by atoms with Gasteiger partial charge in [-0.25, -0.2) is 9.59 Å². The van der Waals surface area contributed by atoms with Crippen molar-refractivity contribution >= 4 is 28.4 Å². The molecule has 7 nitrogen and oxygen atoms in total. The topological polar surface area (TPSA) is 77.3 Å². The minimum absolute atomic E-state index is 0.155. The van der Waals surface area contributed by atoms with E-state index in [0.717, 1.165) is 16.8 Å². The second-order valence-corrected chi connectivity index (χ2v) is 7.55. The lowest BCUT2D eigenvalue weighted by Crippen LogP contribution is -2.20. The number of hydrogen-bond acceptors (Lipinski definition) is 3. The summed E-state index contributed by atoms with van der Waals surface area (Å²) in [5, 5.41) is 5.76. The van der Waals surface area contributed by atoms with Gasteiger partial charge in [0.2, 0.25) is 0 Å². The number of nitrogens with one attached hydrogen (secondary N) is 2. The van der Waals surface area contributed by atoms with Gasteiger partial charge in [0, 0.05) is 25.8 Å². The van der Waals surface area contributed by atoms with Crippen molar-refractivity contribution in [1.29, 1.82) is 0 Å². The van der Waals surface area contributed by atoms with Crippen LogP contribution < -0.4 is 21.1 Å². The van der Waals surface area contributed by atoms with Gasteiger partial charge in [-0.15, -0.1) is 0 Å². The average molecular weight is 416 g/mol. The molecule has 158 valence electrons. The number of amides is 2. The number of anilines is 2. The smallest absolute Gasteiger partial charge is 0.328 e. The zero-order valence-electron chi connectivity index (χ0n) is 17.9. The molecule has 7 heteroatoms. The van der Waals surface area contributed by atoms with Crippen LogP contribution in [0.25, 0.3) is 11.0 Å². The first-order valence-corrected chi connectivity index (χ1v) is 9.91. The molecule has 0 aliphatic carbocycles. The van der Waals surface area contributed by atoms with Crippen molar-refractivity contribution in [2.75, 3.05) is 10.6 Å². The van der Waals surface area contributed by atoms with E-state index in [1.54, 1.807) is 30.8 Å². The number of rotatable bonds is 4. The Morgan fingerprint density at radius 2 is 1.48 bits per heavy atom. The Balaban J connectivity index is 1.73. The molecule has 0 spiro atoms. The van der Waals surface area contributed by atoms with Crippen LogP contribution in [0.15, 0.2) is 65.5 Å². The Bertz CT molecular complexity index is 1340. The van der Waals surface area contributed by atoms with Crippen LogP contribution in [-0.4, -0.2) is 15.2 Å². The van der Waals surface area contributed by atoms with Gasteiger partial charge in [0.15, 0.2) is 5.75 Å². The second kappa shape index (κ2) is 8.02. The van der Waals surface area contributed by atoms with Crippen LogP contribution in [0.5, 0.6) is 11.5 Å². The monoisotopic (exact) mass is 416 g/mol. The predicted octanol–water partition coefficient (Wildman–Crippen LogP) is 4.93. The number of benzene rings is 3. The van der Waals surface area contributed by atoms with Crippen LogP contribution in [0.4, 0.5) is 16.2 Å². The van der Waals surface area contributed by atoms with Gasteiger partial charge >= 0.3 is 11.7 Å². The maximum Gasteiger partial charge on any atom is 0.328 e. The first-order valence-electron chi connectivity index (χ1n) is 9.91. The highest BCUT2D eigenvalue weighted by molar-refractivity contribution is 6.02. The zero-order valence-corrected chi connectivity index (χ0v) is 17.9. The second-order valence-electron chi connectivity index (χ2n) is 7.55. The number of urea groups is 1. The molecule has 0 aliphatic rings. The van der Waals surface area contributed by atoms with Crippen LogP contribution >= 0.6 is 0 Å². The number of para-hydroxylation sites is 1. The number of hydrogen-bond donors (Lipinski definition) is 2. The third-order valence-electron chi connectivity index (χ3n) is 5.23. The molecule has 2 amide bonds. The molecule has 4 rings (SSSR count). The van der Waals surface area contributed by atoms with Crippen LogP contribution in [0.1, 0.15) is 11.1 Å². The molecule has 0 saturated carbocycles. The summed E-state index contributed by atoms with van der Waals surface area (Å²) in [6.07, 6.45) is 0. The molecule has 0 unspecified atom stereocenters. The van der Waals surface area contributed by atoms with Crippen molar-refractivity contribution in [3.63, 3.8) is 0 Å². The first-order chi connectivity index (χ1) is 14.8.